The molecule has 18 heteroatoms. The molecule has 4 N–H and O–H groups in total. The molecule has 5 aliphatic heterocycles. The molecule has 4 unspecified atom stereocenters. The Morgan fingerprint density at radius 2 is 1.89 bits per heavy atom. The zero-order valence-electron chi connectivity index (χ0n) is 37.4. The number of hydrogen-bond acceptors (Lipinski definition) is 11. The number of pyridine rings is 1. The Kier molecular flexibility index (Phi) is 12.5. The number of nitrogens with one attached hydrogen (secondary N) is 3. The number of aliphatic hydroxyl groups is 1. The van der Waals surface area contributed by atoms with Gasteiger partial charge in [-0.1, -0.05) is 6.07 Å². The fourth-order valence-electron chi connectivity index (χ4n) is 10.6. The highest BCUT2D eigenvalue weighted by atomic mass is 19.3. The van der Waals surface area contributed by atoms with Crippen molar-refractivity contribution in [3.8, 4) is 0 Å². The first-order valence-corrected chi connectivity index (χ1v) is 23.0. The number of nitrogens with zero attached hydrogens (tertiary/aromatic N) is 8. The largest absolute Gasteiger partial charge is 0.634 e. The fourth-order valence-corrected chi connectivity index (χ4v) is 10.6. The van der Waals surface area contributed by atoms with Gasteiger partial charge >= 0.3 is 0 Å². The molecular weight excluding hydrogens is 837 g/mol. The molecule has 346 valence electrons. The van der Waals surface area contributed by atoms with E-state index in [9.17, 15) is 33.5 Å². The van der Waals surface area contributed by atoms with E-state index in [-0.39, 0.29) is 47.4 Å². The molecular formula is C47H59F2N11O5. The van der Waals surface area contributed by atoms with Crippen LogP contribution in [0.5, 0.6) is 0 Å². The van der Waals surface area contributed by atoms with Gasteiger partial charge in [0.2, 0.25) is 17.7 Å². The molecule has 9 rings (SSSR count). The summed E-state index contributed by atoms with van der Waals surface area (Å²) in [5, 5.41) is 41.5. The number of amides is 3. The minimum atomic E-state index is -2.67. The number of aryl methyl sites for hydroxylation is 1. The highest BCUT2D eigenvalue weighted by Crippen LogP contribution is 2.44. The summed E-state index contributed by atoms with van der Waals surface area (Å²) >= 11 is 0. The zero-order chi connectivity index (χ0) is 45.6. The predicted molar refractivity (Wildman–Crippen MR) is 242 cm³/mol. The summed E-state index contributed by atoms with van der Waals surface area (Å²) in [6.45, 7) is 7.49. The number of likely N-dealkylation sites (tertiary alicyclic amines) is 1. The number of likely N-dealkylation sites (N-methyl/N-ethyl adjacent to an activating group) is 1. The number of hydrogen-bond donors (Lipinski definition) is 4. The number of halogens is 2. The van der Waals surface area contributed by atoms with E-state index in [0.29, 0.717) is 82.6 Å². The number of rotatable bonds is 12. The topological polar surface area (TPSA) is 179 Å². The summed E-state index contributed by atoms with van der Waals surface area (Å²) in [6, 6.07) is 10.6. The molecule has 2 aromatic heterocycles. The van der Waals surface area contributed by atoms with Crippen LogP contribution in [0.4, 0.5) is 26.0 Å². The number of anilines is 3. The molecule has 16 nitrogen and oxygen atoms in total. The second-order valence-electron chi connectivity index (χ2n) is 18.6. The van der Waals surface area contributed by atoms with E-state index in [0.717, 1.165) is 70.6 Å². The average molecular weight is 896 g/mol. The monoisotopic (exact) mass is 895 g/mol. The molecule has 2 saturated heterocycles. The second-order valence-corrected chi connectivity index (χ2v) is 18.6. The highest BCUT2D eigenvalue weighted by Gasteiger charge is 2.39. The normalized spacial score (nSPS) is 22.9. The van der Waals surface area contributed by atoms with E-state index in [1.165, 1.54) is 0 Å². The highest BCUT2D eigenvalue weighted by molar-refractivity contribution is 5.93. The molecule has 0 spiro atoms. The van der Waals surface area contributed by atoms with Gasteiger partial charge in [0.25, 0.3) is 6.43 Å². The molecule has 0 aliphatic carbocycles. The number of aromatic nitrogens is 3. The minimum absolute atomic E-state index is 0.00717. The summed E-state index contributed by atoms with van der Waals surface area (Å²) < 4.78 is 32.0. The van der Waals surface area contributed by atoms with Crippen molar-refractivity contribution in [3.05, 3.63) is 81.3 Å². The van der Waals surface area contributed by atoms with Crippen LogP contribution in [0.2, 0.25) is 0 Å². The van der Waals surface area contributed by atoms with Gasteiger partial charge in [0.1, 0.15) is 12.6 Å². The number of fused-ring (bicyclic) bond motifs is 3. The number of quaternary nitrogens is 1. The number of alkyl halides is 2. The van der Waals surface area contributed by atoms with Crippen molar-refractivity contribution in [3.63, 3.8) is 0 Å². The number of hydrazone groups is 1. The van der Waals surface area contributed by atoms with Crippen molar-refractivity contribution in [2.75, 3.05) is 56.5 Å². The van der Waals surface area contributed by atoms with Crippen LogP contribution >= 0.6 is 0 Å². The Bertz CT molecular complexity index is 2490. The van der Waals surface area contributed by atoms with E-state index in [1.54, 1.807) is 30.4 Å². The fraction of sp³-hybridized carbons (Fsp3) is 0.532. The van der Waals surface area contributed by atoms with Crippen molar-refractivity contribution >= 4 is 52.0 Å². The van der Waals surface area contributed by atoms with Crippen LogP contribution in [0.1, 0.15) is 105 Å². The summed E-state index contributed by atoms with van der Waals surface area (Å²) in [4.78, 5) is 48.3. The van der Waals surface area contributed by atoms with Gasteiger partial charge in [-0.25, -0.2) is 8.78 Å². The second kappa shape index (κ2) is 18.3. The maximum absolute atomic E-state index is 14.9. The lowest BCUT2D eigenvalue weighted by Gasteiger charge is -2.37. The average Bonchev–Trinajstić information content (AvgIpc) is 3.86. The number of aliphatic hydroxyl groups excluding tert-OH is 1. The Morgan fingerprint density at radius 3 is 2.63 bits per heavy atom. The molecule has 5 aliphatic rings. The van der Waals surface area contributed by atoms with Gasteiger partial charge in [-0.2, -0.15) is 10.2 Å². The van der Waals surface area contributed by atoms with Crippen molar-refractivity contribution in [2.24, 2.45) is 5.10 Å². The first-order chi connectivity index (χ1) is 31.3. The number of carbonyl (C=O) groups excluding carboxylic acids is 3. The summed E-state index contributed by atoms with van der Waals surface area (Å²) in [5.41, 5.74) is 6.05. The molecule has 7 heterocycles. The van der Waals surface area contributed by atoms with E-state index < -0.39 is 24.1 Å². The minimum Gasteiger partial charge on any atom is -0.634 e. The lowest BCUT2D eigenvalue weighted by molar-refractivity contribution is -0.894. The lowest BCUT2D eigenvalue weighted by Crippen LogP contribution is -3.12. The quantitative estimate of drug-likeness (QED) is 0.120. The molecule has 4 atom stereocenters. The van der Waals surface area contributed by atoms with Crippen molar-refractivity contribution < 1.29 is 33.3 Å². The van der Waals surface area contributed by atoms with Gasteiger partial charge < -0.3 is 40.7 Å². The molecule has 0 saturated carbocycles. The van der Waals surface area contributed by atoms with Crippen molar-refractivity contribution in [1.82, 2.24) is 34.9 Å². The van der Waals surface area contributed by atoms with Crippen LogP contribution < -0.4 is 20.6 Å². The number of hydroxylamine groups is 2. The molecule has 3 amide bonds. The van der Waals surface area contributed by atoms with Crippen LogP contribution in [0.3, 0.4) is 0 Å². The van der Waals surface area contributed by atoms with Gasteiger partial charge in [-0.3, -0.25) is 29.1 Å². The van der Waals surface area contributed by atoms with Gasteiger partial charge in [0.05, 0.1) is 24.6 Å². The molecule has 0 bridgehead atoms. The zero-order valence-corrected chi connectivity index (χ0v) is 37.4. The first-order valence-electron chi connectivity index (χ1n) is 23.0. The third-order valence-electron chi connectivity index (χ3n) is 14.1. The summed E-state index contributed by atoms with van der Waals surface area (Å²) in [7, 11) is 1.85. The predicted octanol–water partition coefficient (Wildman–Crippen LogP) is 4.08. The van der Waals surface area contributed by atoms with E-state index in [2.05, 4.69) is 30.3 Å². The van der Waals surface area contributed by atoms with Gasteiger partial charge in [-0.15, -0.1) is 0 Å². The van der Waals surface area contributed by atoms with Crippen LogP contribution in [0, 0.1) is 5.21 Å². The Labute approximate surface area is 377 Å². The number of carbonyl (C=O) groups is 3. The Balaban J connectivity index is 0.851. The van der Waals surface area contributed by atoms with Crippen LogP contribution in [0.25, 0.3) is 10.9 Å². The Hall–Kier alpha value is -5.72. The lowest BCUT2D eigenvalue weighted by atomic mass is 9.79. The van der Waals surface area contributed by atoms with Gasteiger partial charge in [0, 0.05) is 129 Å². The Morgan fingerprint density at radius 1 is 1.08 bits per heavy atom. The van der Waals surface area contributed by atoms with E-state index >= 15 is 0 Å². The number of piperidine rings is 2. The van der Waals surface area contributed by atoms with Crippen LogP contribution in [-0.4, -0.2) is 117 Å². The summed E-state index contributed by atoms with van der Waals surface area (Å²) in [5.74, 6) is 0.542. The first kappa shape index (κ1) is 44.5. The van der Waals surface area contributed by atoms with E-state index in [4.69, 9.17) is 5.10 Å². The van der Waals surface area contributed by atoms with Gasteiger partial charge in [-0.05, 0) is 80.5 Å². The maximum Gasteiger partial charge on any atom is 0.264 e. The van der Waals surface area contributed by atoms with Crippen molar-refractivity contribution in [1.29, 1.82) is 0 Å². The maximum atomic E-state index is 14.9. The molecule has 4 aromatic rings. The molecule has 2 fully saturated rings. The third-order valence-corrected chi connectivity index (χ3v) is 14.1. The summed E-state index contributed by atoms with van der Waals surface area (Å²) in [6.07, 6.45) is 4.78. The molecule has 0 radical (unpaired) electrons. The standard InChI is InChI=1S/C47H59F2N11O5/c1-29(61)57-22-16-38-35(26-57)45(58-19-6-7-30-23-36(34(44(48)49)24-40(30)58)47(2)27-52-55(3)28-47)54-60(38)32-14-20-56(21-15-32)42(63)9-5-17-50-37-11-10-31(43-33(37)8-4-18-51-43)25-59(65)39-12-13-41(62)53-46(39)64/h4,8,10-11,18,23-24,27,32,39,44,46,50,59,64H,5-7,9,12-17,19-22,25-26,28H2,1-3H3,(H,53,62). The molecule has 2 aromatic carbocycles. The smallest absolute Gasteiger partial charge is 0.264 e. The van der Waals surface area contributed by atoms with Crippen molar-refractivity contribution in [2.45, 2.75) is 115 Å². The SMILES string of the molecule is CC(=O)N1CCc2c(c(N3CCCc4cc(C5(C)C=NN(C)C5)c(C(F)F)cc43)nn2C2CCN(C(=O)CCCNc3ccc(C[NH+]([O-])C4CCC(=O)NC4O)c4ncccc34)CC2)C1. The van der Waals surface area contributed by atoms with Gasteiger partial charge in [0.15, 0.2) is 12.0 Å². The van der Waals surface area contributed by atoms with Crippen LogP contribution in [-0.2, 0) is 45.7 Å². The third kappa shape index (κ3) is 8.87. The van der Waals surface area contributed by atoms with Crippen LogP contribution in [0.15, 0.2) is 47.7 Å². The van der Waals surface area contributed by atoms with E-state index in [1.807, 2.05) is 54.1 Å². The number of benzene rings is 2. The molecule has 65 heavy (non-hydrogen) atoms.